The topological polar surface area (TPSA) is 30.9 Å². The minimum Gasteiger partial charge on any atom is -0.398 e. The first-order chi connectivity index (χ1) is 7.61. The predicted octanol–water partition coefficient (Wildman–Crippen LogP) is 3.19. The fourth-order valence-electron chi connectivity index (χ4n) is 2.62. The molecule has 2 rings (SSSR count). The average Bonchev–Trinajstić information content (AvgIpc) is 2.54. The van der Waals surface area contributed by atoms with Gasteiger partial charge in [0.25, 0.3) is 0 Å². The third-order valence-corrected chi connectivity index (χ3v) is 3.61. The van der Waals surface area contributed by atoms with E-state index in [1.165, 1.54) is 27.7 Å². The van der Waals surface area contributed by atoms with E-state index in [1.807, 2.05) is 6.07 Å². The molecule has 0 saturated heterocycles. The molecule has 0 fully saturated rings. The van der Waals surface area contributed by atoms with Crippen molar-refractivity contribution in [3.8, 4) is 0 Å². The van der Waals surface area contributed by atoms with Gasteiger partial charge in [-0.25, -0.2) is 0 Å². The summed E-state index contributed by atoms with van der Waals surface area (Å²) in [4.78, 5) is 0. The molecule has 86 valence electrons. The van der Waals surface area contributed by atoms with E-state index in [4.69, 9.17) is 5.73 Å². The van der Waals surface area contributed by atoms with Gasteiger partial charge in [-0.15, -0.1) is 0 Å². The molecule has 0 bridgehead atoms. The summed E-state index contributed by atoms with van der Waals surface area (Å²) in [6, 6.07) is 4.19. The molecule has 0 spiro atoms. The van der Waals surface area contributed by atoms with Gasteiger partial charge in [-0.1, -0.05) is 19.9 Å². The summed E-state index contributed by atoms with van der Waals surface area (Å²) >= 11 is 0. The highest BCUT2D eigenvalue weighted by Gasteiger charge is 2.15. The van der Waals surface area contributed by atoms with Crippen LogP contribution >= 0.6 is 0 Å². The first kappa shape index (κ1) is 11.1. The van der Waals surface area contributed by atoms with Crippen LogP contribution in [0.2, 0.25) is 0 Å². The fourth-order valence-corrected chi connectivity index (χ4v) is 2.62. The SMILES string of the molecule is CCc1c(C)n(C)c2c(CC)ccc(N)c12. The number of hydrogen-bond acceptors (Lipinski definition) is 1. The molecule has 2 N–H and O–H groups in total. The Balaban J connectivity index is 2.97. The van der Waals surface area contributed by atoms with Crippen LogP contribution in [0.4, 0.5) is 5.69 Å². The first-order valence-electron chi connectivity index (χ1n) is 5.97. The van der Waals surface area contributed by atoms with Crippen molar-refractivity contribution in [1.29, 1.82) is 0 Å². The van der Waals surface area contributed by atoms with E-state index in [9.17, 15) is 0 Å². The molecule has 0 aliphatic rings. The number of aromatic nitrogens is 1. The van der Waals surface area contributed by atoms with E-state index < -0.39 is 0 Å². The molecule has 16 heavy (non-hydrogen) atoms. The molecular weight excluding hydrogens is 196 g/mol. The number of benzene rings is 1. The van der Waals surface area contributed by atoms with Gasteiger partial charge >= 0.3 is 0 Å². The Bertz CT molecular complexity index is 535. The standard InChI is InChI=1S/C14H20N2/c1-5-10-7-8-12(15)13-11(6-2)9(3)16(4)14(10)13/h7-8H,5-6,15H2,1-4H3. The van der Waals surface area contributed by atoms with Crippen molar-refractivity contribution in [2.75, 3.05) is 5.73 Å². The molecule has 0 atom stereocenters. The van der Waals surface area contributed by atoms with E-state index in [2.05, 4.69) is 38.5 Å². The first-order valence-corrected chi connectivity index (χ1v) is 5.97. The van der Waals surface area contributed by atoms with Gasteiger partial charge in [-0.3, -0.25) is 0 Å². The normalized spacial score (nSPS) is 11.2. The van der Waals surface area contributed by atoms with Gasteiger partial charge in [-0.05, 0) is 37.0 Å². The molecule has 2 nitrogen and oxygen atoms in total. The van der Waals surface area contributed by atoms with Gasteiger partial charge in [0.05, 0.1) is 5.52 Å². The van der Waals surface area contributed by atoms with Crippen LogP contribution in [0.25, 0.3) is 10.9 Å². The summed E-state index contributed by atoms with van der Waals surface area (Å²) in [7, 11) is 2.13. The second-order valence-corrected chi connectivity index (χ2v) is 4.37. The van der Waals surface area contributed by atoms with Crippen LogP contribution in [0, 0.1) is 6.92 Å². The Morgan fingerprint density at radius 3 is 2.44 bits per heavy atom. The van der Waals surface area contributed by atoms with Crippen molar-refractivity contribution in [3.63, 3.8) is 0 Å². The van der Waals surface area contributed by atoms with Gasteiger partial charge in [0.2, 0.25) is 0 Å². The zero-order chi connectivity index (χ0) is 11.9. The Morgan fingerprint density at radius 2 is 1.88 bits per heavy atom. The predicted molar refractivity (Wildman–Crippen MR) is 70.8 cm³/mol. The van der Waals surface area contributed by atoms with Crippen molar-refractivity contribution in [3.05, 3.63) is 29.0 Å². The highest BCUT2D eigenvalue weighted by molar-refractivity contribution is 5.97. The van der Waals surface area contributed by atoms with Crippen LogP contribution in [0.15, 0.2) is 12.1 Å². The molecule has 0 amide bonds. The van der Waals surface area contributed by atoms with Gasteiger partial charge in [-0.2, -0.15) is 0 Å². The summed E-state index contributed by atoms with van der Waals surface area (Å²) in [5.74, 6) is 0. The summed E-state index contributed by atoms with van der Waals surface area (Å²) < 4.78 is 2.28. The Morgan fingerprint density at radius 1 is 1.19 bits per heavy atom. The third kappa shape index (κ3) is 1.33. The van der Waals surface area contributed by atoms with Crippen molar-refractivity contribution >= 4 is 16.6 Å². The summed E-state index contributed by atoms with van der Waals surface area (Å²) in [5, 5.41) is 1.27. The van der Waals surface area contributed by atoms with Crippen LogP contribution in [-0.2, 0) is 19.9 Å². The lowest BCUT2D eigenvalue weighted by Crippen LogP contribution is -1.95. The summed E-state index contributed by atoms with van der Waals surface area (Å²) in [6.07, 6.45) is 2.10. The minimum absolute atomic E-state index is 0.910. The second-order valence-electron chi connectivity index (χ2n) is 4.37. The average molecular weight is 216 g/mol. The molecule has 1 aromatic carbocycles. The lowest BCUT2D eigenvalue weighted by molar-refractivity contribution is 0.892. The van der Waals surface area contributed by atoms with Gasteiger partial charge < -0.3 is 10.3 Å². The summed E-state index contributed by atoms with van der Waals surface area (Å²) in [6.45, 7) is 6.57. The van der Waals surface area contributed by atoms with Crippen molar-refractivity contribution in [2.45, 2.75) is 33.6 Å². The number of aryl methyl sites for hydroxylation is 3. The number of anilines is 1. The number of nitrogen functional groups attached to an aromatic ring is 1. The van der Waals surface area contributed by atoms with Gasteiger partial charge in [0.15, 0.2) is 0 Å². The van der Waals surface area contributed by atoms with Gasteiger partial charge in [0, 0.05) is 23.8 Å². The zero-order valence-corrected chi connectivity index (χ0v) is 10.6. The lowest BCUT2D eigenvalue weighted by Gasteiger charge is -2.06. The Hall–Kier alpha value is -1.44. The van der Waals surface area contributed by atoms with Crippen molar-refractivity contribution in [1.82, 2.24) is 4.57 Å². The largest absolute Gasteiger partial charge is 0.398 e. The molecule has 0 saturated carbocycles. The maximum atomic E-state index is 6.13. The summed E-state index contributed by atoms with van der Waals surface area (Å²) in [5.41, 5.74) is 12.5. The van der Waals surface area contributed by atoms with Gasteiger partial charge in [0.1, 0.15) is 0 Å². The van der Waals surface area contributed by atoms with E-state index in [1.54, 1.807) is 0 Å². The van der Waals surface area contributed by atoms with Crippen molar-refractivity contribution < 1.29 is 0 Å². The van der Waals surface area contributed by atoms with Crippen LogP contribution in [0.3, 0.4) is 0 Å². The van der Waals surface area contributed by atoms with E-state index in [-0.39, 0.29) is 0 Å². The smallest absolute Gasteiger partial charge is 0.0536 e. The van der Waals surface area contributed by atoms with Crippen LogP contribution in [0.5, 0.6) is 0 Å². The zero-order valence-electron chi connectivity index (χ0n) is 10.6. The maximum Gasteiger partial charge on any atom is 0.0536 e. The molecule has 1 aromatic heterocycles. The number of nitrogens with zero attached hydrogens (tertiary/aromatic N) is 1. The van der Waals surface area contributed by atoms with Crippen LogP contribution in [0.1, 0.15) is 30.7 Å². The third-order valence-electron chi connectivity index (χ3n) is 3.61. The Kier molecular flexibility index (Phi) is 2.66. The number of hydrogen-bond donors (Lipinski definition) is 1. The highest BCUT2D eigenvalue weighted by atomic mass is 15.0. The molecule has 2 heteroatoms. The molecular formula is C14H20N2. The second kappa shape index (κ2) is 3.85. The molecule has 1 heterocycles. The van der Waals surface area contributed by atoms with Crippen molar-refractivity contribution in [2.24, 2.45) is 7.05 Å². The Labute approximate surface area is 97.1 Å². The highest BCUT2D eigenvalue weighted by Crippen LogP contribution is 2.32. The quantitative estimate of drug-likeness (QED) is 0.768. The molecule has 0 unspecified atom stereocenters. The molecule has 0 radical (unpaired) electrons. The minimum atomic E-state index is 0.910. The number of fused-ring (bicyclic) bond motifs is 1. The molecule has 0 aliphatic carbocycles. The number of rotatable bonds is 2. The van der Waals surface area contributed by atoms with E-state index in [0.29, 0.717) is 0 Å². The monoisotopic (exact) mass is 216 g/mol. The number of nitrogens with two attached hydrogens (primary N) is 1. The van der Waals surface area contributed by atoms with E-state index in [0.717, 1.165) is 18.5 Å². The maximum absolute atomic E-state index is 6.13. The van der Waals surface area contributed by atoms with Crippen LogP contribution < -0.4 is 5.73 Å². The van der Waals surface area contributed by atoms with Crippen LogP contribution in [-0.4, -0.2) is 4.57 Å². The molecule has 2 aromatic rings. The van der Waals surface area contributed by atoms with E-state index >= 15 is 0 Å². The molecule has 0 aliphatic heterocycles. The lowest BCUT2D eigenvalue weighted by atomic mass is 10.0. The fraction of sp³-hybridized carbons (Fsp3) is 0.429.